The summed E-state index contributed by atoms with van der Waals surface area (Å²) in [4.78, 5) is 12.9. The zero-order valence-corrected chi connectivity index (χ0v) is 15.4. The average molecular weight is 401 g/mol. The number of furan rings is 1. The highest BCUT2D eigenvalue weighted by Crippen LogP contribution is 2.33. The first-order valence-corrected chi connectivity index (χ1v) is 9.41. The first kappa shape index (κ1) is 19.1. The van der Waals surface area contributed by atoms with E-state index in [2.05, 4.69) is 9.93 Å². The number of nitro benzene ring substituents is 1. The maximum atomic E-state index is 12.1. The fourth-order valence-electron chi connectivity index (χ4n) is 2.38. The number of rotatable bonds is 7. The quantitative estimate of drug-likeness (QED) is 0.368. The highest BCUT2D eigenvalue weighted by molar-refractivity contribution is 7.89. The molecule has 2 aromatic carbocycles. The molecule has 0 fully saturated rings. The fraction of sp³-hybridized carbons (Fsp3) is 0.0556. The summed E-state index contributed by atoms with van der Waals surface area (Å²) < 4.78 is 34.7. The summed E-state index contributed by atoms with van der Waals surface area (Å²) in [5.41, 5.74) is 0.0808. The van der Waals surface area contributed by atoms with Crippen LogP contribution in [0.5, 0.6) is 5.75 Å². The number of hydrazone groups is 1. The molecule has 0 spiro atoms. The van der Waals surface area contributed by atoms with Gasteiger partial charge in [0.05, 0.1) is 34.8 Å². The number of sulfonamides is 1. The number of nitrogens with zero attached hydrogens (tertiary/aromatic N) is 2. The Morgan fingerprint density at radius 3 is 2.57 bits per heavy atom. The summed E-state index contributed by atoms with van der Waals surface area (Å²) >= 11 is 0. The van der Waals surface area contributed by atoms with Crippen molar-refractivity contribution in [2.45, 2.75) is 4.90 Å². The molecule has 3 rings (SSSR count). The van der Waals surface area contributed by atoms with Gasteiger partial charge in [-0.3, -0.25) is 10.1 Å². The van der Waals surface area contributed by atoms with Crippen molar-refractivity contribution in [3.63, 3.8) is 0 Å². The van der Waals surface area contributed by atoms with Crippen molar-refractivity contribution >= 4 is 21.9 Å². The van der Waals surface area contributed by atoms with Gasteiger partial charge >= 0.3 is 0 Å². The van der Waals surface area contributed by atoms with Crippen LogP contribution in [0.15, 0.2) is 75.1 Å². The van der Waals surface area contributed by atoms with Gasteiger partial charge in [0, 0.05) is 0 Å². The third kappa shape index (κ3) is 4.18. The van der Waals surface area contributed by atoms with Crippen molar-refractivity contribution in [2.75, 3.05) is 7.11 Å². The third-order valence-electron chi connectivity index (χ3n) is 3.71. The molecule has 28 heavy (non-hydrogen) atoms. The first-order chi connectivity index (χ1) is 13.4. The van der Waals surface area contributed by atoms with Gasteiger partial charge in [-0.15, -0.1) is 0 Å². The summed E-state index contributed by atoms with van der Waals surface area (Å²) in [6.07, 6.45) is 1.17. The van der Waals surface area contributed by atoms with Gasteiger partial charge in [0.25, 0.3) is 15.7 Å². The summed E-state index contributed by atoms with van der Waals surface area (Å²) in [6, 6.07) is 15.2. The van der Waals surface area contributed by atoms with E-state index in [9.17, 15) is 18.5 Å². The standard InChI is InChI=1S/C18H15N3O6S/c1-26-13-7-9-16(17(11-13)21(22)23)18-10-8-14(27-18)12-19-20-28(24,25)15-5-3-2-4-6-15/h2-12,20H,1H3/b19-12-. The van der Waals surface area contributed by atoms with E-state index in [-0.39, 0.29) is 27.7 Å². The molecule has 0 bridgehead atoms. The van der Waals surface area contributed by atoms with E-state index < -0.39 is 14.9 Å². The van der Waals surface area contributed by atoms with Gasteiger partial charge in [-0.2, -0.15) is 18.4 Å². The highest BCUT2D eigenvalue weighted by atomic mass is 32.2. The van der Waals surface area contributed by atoms with Crippen LogP contribution in [0.3, 0.4) is 0 Å². The van der Waals surface area contributed by atoms with Crippen molar-refractivity contribution in [2.24, 2.45) is 5.10 Å². The van der Waals surface area contributed by atoms with Crippen LogP contribution in [-0.2, 0) is 10.0 Å². The van der Waals surface area contributed by atoms with Crippen LogP contribution in [0, 0.1) is 10.1 Å². The van der Waals surface area contributed by atoms with E-state index in [0.717, 1.165) is 0 Å². The van der Waals surface area contributed by atoms with Gasteiger partial charge < -0.3 is 9.15 Å². The number of ether oxygens (including phenoxy) is 1. The van der Waals surface area contributed by atoms with Crippen LogP contribution in [0.2, 0.25) is 0 Å². The largest absolute Gasteiger partial charge is 0.497 e. The second kappa shape index (κ2) is 7.92. The minimum atomic E-state index is -3.79. The maximum Gasteiger partial charge on any atom is 0.284 e. The lowest BCUT2D eigenvalue weighted by Crippen LogP contribution is -2.18. The Morgan fingerprint density at radius 2 is 1.89 bits per heavy atom. The van der Waals surface area contributed by atoms with Crippen LogP contribution in [-0.4, -0.2) is 26.7 Å². The summed E-state index contributed by atoms with van der Waals surface area (Å²) in [5.74, 6) is 0.803. The molecule has 0 saturated heterocycles. The Balaban J connectivity index is 1.80. The number of nitro groups is 1. The Bertz CT molecular complexity index is 1120. The Hall–Kier alpha value is -3.66. The molecule has 0 amide bonds. The van der Waals surface area contributed by atoms with Crippen LogP contribution in [0.4, 0.5) is 5.69 Å². The zero-order valence-electron chi connectivity index (χ0n) is 14.6. The van der Waals surface area contributed by atoms with Gasteiger partial charge in [-0.05, 0) is 36.4 Å². The van der Waals surface area contributed by atoms with E-state index in [1.165, 1.54) is 49.7 Å². The molecule has 0 aliphatic rings. The number of hydrogen-bond donors (Lipinski definition) is 1. The van der Waals surface area contributed by atoms with Crippen molar-refractivity contribution in [1.29, 1.82) is 0 Å². The van der Waals surface area contributed by atoms with Crippen LogP contribution < -0.4 is 9.57 Å². The van der Waals surface area contributed by atoms with E-state index >= 15 is 0 Å². The molecule has 0 radical (unpaired) electrons. The minimum Gasteiger partial charge on any atom is -0.497 e. The topological polar surface area (TPSA) is 124 Å². The molecule has 0 saturated carbocycles. The van der Waals surface area contributed by atoms with Gasteiger partial charge in [0.1, 0.15) is 17.3 Å². The zero-order chi connectivity index (χ0) is 20.1. The lowest BCUT2D eigenvalue weighted by Gasteiger charge is -2.03. The van der Waals surface area contributed by atoms with Crippen molar-refractivity contribution in [1.82, 2.24) is 4.83 Å². The predicted molar refractivity (Wildman–Crippen MR) is 102 cm³/mol. The van der Waals surface area contributed by atoms with Gasteiger partial charge in [-0.25, -0.2) is 0 Å². The van der Waals surface area contributed by atoms with Gasteiger partial charge in [0.15, 0.2) is 0 Å². The SMILES string of the molecule is COc1ccc(-c2ccc(/C=N\NS(=O)(=O)c3ccccc3)o2)c([N+](=O)[O-])c1. The molecule has 9 nitrogen and oxygen atoms in total. The second-order valence-electron chi connectivity index (χ2n) is 5.51. The molecular formula is C18H15N3O6S. The van der Waals surface area contributed by atoms with Crippen molar-refractivity contribution in [3.05, 3.63) is 76.5 Å². The molecule has 1 aromatic heterocycles. The maximum absolute atomic E-state index is 12.1. The molecule has 10 heteroatoms. The van der Waals surface area contributed by atoms with Crippen LogP contribution >= 0.6 is 0 Å². The molecule has 0 atom stereocenters. The van der Waals surface area contributed by atoms with E-state index in [1.807, 2.05) is 0 Å². The molecule has 0 aliphatic carbocycles. The minimum absolute atomic E-state index is 0.0705. The average Bonchev–Trinajstić information content (AvgIpc) is 3.16. The molecule has 144 valence electrons. The molecule has 0 aliphatic heterocycles. The lowest BCUT2D eigenvalue weighted by molar-refractivity contribution is -0.384. The molecule has 1 N–H and O–H groups in total. The monoisotopic (exact) mass is 401 g/mol. The second-order valence-corrected chi connectivity index (χ2v) is 7.17. The van der Waals surface area contributed by atoms with Crippen LogP contribution in [0.25, 0.3) is 11.3 Å². The van der Waals surface area contributed by atoms with Gasteiger partial charge in [-0.1, -0.05) is 18.2 Å². The molecule has 0 unspecified atom stereocenters. The highest BCUT2D eigenvalue weighted by Gasteiger charge is 2.19. The first-order valence-electron chi connectivity index (χ1n) is 7.93. The molecular weight excluding hydrogens is 386 g/mol. The fourth-order valence-corrected chi connectivity index (χ4v) is 3.19. The molecule has 1 heterocycles. The van der Waals surface area contributed by atoms with Gasteiger partial charge in [0.2, 0.25) is 0 Å². The van der Waals surface area contributed by atoms with E-state index in [0.29, 0.717) is 5.75 Å². The third-order valence-corrected chi connectivity index (χ3v) is 4.95. The Labute approximate surface area is 160 Å². The number of nitrogens with one attached hydrogen (secondary N) is 1. The number of benzene rings is 2. The summed E-state index contributed by atoms with van der Waals surface area (Å²) in [6.45, 7) is 0. The van der Waals surface area contributed by atoms with Crippen molar-refractivity contribution < 1.29 is 22.5 Å². The summed E-state index contributed by atoms with van der Waals surface area (Å²) in [5, 5.41) is 15.0. The number of methoxy groups -OCH3 is 1. The normalized spacial score (nSPS) is 11.5. The van der Waals surface area contributed by atoms with E-state index in [1.54, 1.807) is 24.3 Å². The Kier molecular flexibility index (Phi) is 5.41. The van der Waals surface area contributed by atoms with Crippen molar-refractivity contribution in [3.8, 4) is 17.1 Å². The summed E-state index contributed by atoms with van der Waals surface area (Å²) in [7, 11) is -2.38. The molecule has 3 aromatic rings. The lowest BCUT2D eigenvalue weighted by atomic mass is 10.1. The van der Waals surface area contributed by atoms with E-state index in [4.69, 9.17) is 9.15 Å². The Morgan fingerprint density at radius 1 is 1.14 bits per heavy atom. The predicted octanol–water partition coefficient (Wildman–Crippen LogP) is 3.18. The number of hydrogen-bond acceptors (Lipinski definition) is 7. The smallest absolute Gasteiger partial charge is 0.284 e. The van der Waals surface area contributed by atoms with Crippen LogP contribution in [0.1, 0.15) is 5.76 Å².